The Labute approximate surface area is 339 Å². The summed E-state index contributed by atoms with van der Waals surface area (Å²) in [6.07, 6.45) is 7.53. The first-order valence-corrected chi connectivity index (χ1v) is 19.5. The van der Waals surface area contributed by atoms with E-state index in [0.29, 0.717) is 0 Å². The summed E-state index contributed by atoms with van der Waals surface area (Å²) in [5.74, 6) is 1.53. The van der Waals surface area contributed by atoms with E-state index in [1.54, 1.807) is 0 Å². The van der Waals surface area contributed by atoms with Crippen LogP contribution < -0.4 is 46.9 Å². The van der Waals surface area contributed by atoms with Crippen LogP contribution in [0.15, 0.2) is 60.7 Å². The van der Waals surface area contributed by atoms with Gasteiger partial charge in [-0.15, -0.1) is 0 Å². The molecule has 0 aliphatic rings. The monoisotopic (exact) mass is 1030 g/mol. The molecule has 0 spiro atoms. The second kappa shape index (κ2) is 29.4. The van der Waals surface area contributed by atoms with E-state index in [1.165, 1.54) is 49.7 Å². The Balaban J connectivity index is -0.0000000976. The standard InChI is InChI=1S/C10H26N4.2C10H14.2ClH.2F6P.2Ru/c11-5-9-13-7-3-1-2-4-8-14-10-6-12;2*1-9(2)8-10-6-4-3-5-7-10;;;2*1-7(2,3,4,5)6;;/h13-14H,1-12H2;2*3-7,9H,8H2,1-2H3;2*1H;;;;/q;;;;;2*-1;2*+2/p-2. The number of hydrogen-bond donors (Lipinski definition) is 4. The number of rotatable bonds is 15. The predicted octanol–water partition coefficient (Wildman–Crippen LogP) is 6.18. The molecule has 0 heterocycles. The van der Waals surface area contributed by atoms with E-state index in [4.69, 9.17) is 11.5 Å². The number of benzene rings is 2. The van der Waals surface area contributed by atoms with Gasteiger partial charge < -0.3 is 46.9 Å². The first kappa shape index (κ1) is 66.9. The Bertz CT molecular complexity index is 955. The first-order chi connectivity index (χ1) is 21.4. The largest absolute Gasteiger partial charge is 2.00 e. The van der Waals surface area contributed by atoms with Crippen LogP contribution in [-0.2, 0) is 51.8 Å². The first-order valence-electron chi connectivity index (χ1n) is 15.4. The van der Waals surface area contributed by atoms with Crippen molar-refractivity contribution in [3.63, 3.8) is 0 Å². The smallest absolute Gasteiger partial charge is 1.00 e. The van der Waals surface area contributed by atoms with Crippen molar-refractivity contribution in [1.29, 1.82) is 0 Å². The molecule has 2 aromatic carbocycles. The molecule has 0 fully saturated rings. The number of hydrogen-bond acceptors (Lipinski definition) is 4. The molecule has 0 aromatic heterocycles. The second-order valence-corrected chi connectivity index (χ2v) is 15.4. The van der Waals surface area contributed by atoms with Crippen LogP contribution in [0.3, 0.4) is 0 Å². The van der Waals surface area contributed by atoms with Crippen molar-refractivity contribution in [2.45, 2.75) is 66.2 Å². The third kappa shape index (κ3) is 98.0. The maximum absolute atomic E-state index is 10.7. The van der Waals surface area contributed by atoms with Crippen molar-refractivity contribution >= 4 is 15.6 Å². The van der Waals surface area contributed by atoms with Gasteiger partial charge in [-0.1, -0.05) is 101 Å². The summed E-state index contributed by atoms with van der Waals surface area (Å²) in [6.45, 7) is 14.5. The molecule has 0 saturated heterocycles. The SMILES string of the molecule is CC(C)Cc1ccccc1.CC(C)Cc1ccccc1.F[P-](F)(F)(F)(F)F.F[P-](F)(F)(F)(F)F.NCCNCCCCCCNCCN.[Cl-].[Cl-].[Ru+2].[Ru+2]. The van der Waals surface area contributed by atoms with Gasteiger partial charge in [0, 0.05) is 26.2 Å². The van der Waals surface area contributed by atoms with Gasteiger partial charge in [-0.25, -0.2) is 0 Å². The zero-order valence-corrected chi connectivity index (χ0v) is 36.2. The molecule has 52 heavy (non-hydrogen) atoms. The third-order valence-electron chi connectivity index (χ3n) is 5.07. The van der Waals surface area contributed by atoms with Crippen molar-refractivity contribution in [3.8, 4) is 0 Å². The summed E-state index contributed by atoms with van der Waals surface area (Å²) in [6, 6.07) is 21.2. The molecular formula is C30H54Cl2F12N4P2Ru2. The maximum Gasteiger partial charge on any atom is 2.00 e. The summed E-state index contributed by atoms with van der Waals surface area (Å²) in [7, 11) is -21.3. The van der Waals surface area contributed by atoms with Crippen LogP contribution in [0.1, 0.15) is 64.5 Å². The van der Waals surface area contributed by atoms with Crippen LogP contribution in [0, 0.1) is 11.8 Å². The molecule has 6 N–H and O–H groups in total. The van der Waals surface area contributed by atoms with Crippen molar-refractivity contribution in [2.24, 2.45) is 23.3 Å². The fourth-order valence-electron chi connectivity index (χ4n) is 3.48. The molecular weight excluding hydrogens is 979 g/mol. The van der Waals surface area contributed by atoms with E-state index in [9.17, 15) is 50.4 Å². The minimum atomic E-state index is -10.7. The summed E-state index contributed by atoms with van der Waals surface area (Å²) >= 11 is 0. The summed E-state index contributed by atoms with van der Waals surface area (Å²) in [5, 5.41) is 6.58. The van der Waals surface area contributed by atoms with Crippen molar-refractivity contribution < 1.29 is 114 Å². The van der Waals surface area contributed by atoms with Crippen molar-refractivity contribution in [2.75, 3.05) is 39.3 Å². The Morgan fingerprint density at radius 3 is 0.885 bits per heavy atom. The molecule has 0 unspecified atom stereocenters. The molecule has 0 saturated carbocycles. The van der Waals surface area contributed by atoms with Gasteiger partial charge in [-0.3, -0.25) is 0 Å². The normalized spacial score (nSPS) is 13.1. The fraction of sp³-hybridized carbons (Fsp3) is 0.600. The van der Waals surface area contributed by atoms with Crippen LogP contribution in [0.5, 0.6) is 0 Å². The Hall–Kier alpha value is 0.127. The number of nitrogens with two attached hydrogens (primary N) is 2. The molecule has 0 aliphatic carbocycles. The molecule has 0 radical (unpaired) electrons. The predicted molar refractivity (Wildman–Crippen MR) is 179 cm³/mol. The minimum absolute atomic E-state index is 0. The van der Waals surface area contributed by atoms with Gasteiger partial charge in [0.1, 0.15) is 0 Å². The molecule has 2 rings (SSSR count). The molecule has 2 aromatic rings. The van der Waals surface area contributed by atoms with Gasteiger partial charge in [0.25, 0.3) is 0 Å². The topological polar surface area (TPSA) is 76.1 Å². The minimum Gasteiger partial charge on any atom is -1.00 e. The van der Waals surface area contributed by atoms with Gasteiger partial charge >= 0.3 is 105 Å². The molecule has 0 bridgehead atoms. The van der Waals surface area contributed by atoms with E-state index < -0.39 is 15.6 Å². The molecule has 0 aliphatic heterocycles. The average Bonchev–Trinajstić information content (AvgIpc) is 2.87. The number of nitrogens with one attached hydrogen (secondary N) is 2. The van der Waals surface area contributed by atoms with Crippen LogP contribution in [0.2, 0.25) is 0 Å². The van der Waals surface area contributed by atoms with Crippen LogP contribution >= 0.6 is 15.6 Å². The van der Waals surface area contributed by atoms with E-state index in [1.807, 2.05) is 0 Å². The maximum atomic E-state index is 9.87. The molecule has 22 heteroatoms. The van der Waals surface area contributed by atoms with Crippen LogP contribution in [0.25, 0.3) is 0 Å². The van der Waals surface area contributed by atoms with Gasteiger partial charge in [0.2, 0.25) is 0 Å². The quantitative estimate of drug-likeness (QED) is 0.0745. The van der Waals surface area contributed by atoms with Gasteiger partial charge in [0.15, 0.2) is 0 Å². The number of unbranched alkanes of at least 4 members (excludes halogenated alkanes) is 3. The zero-order valence-electron chi connectivity index (χ0n) is 29.5. The Morgan fingerprint density at radius 2 is 0.692 bits per heavy atom. The summed E-state index contributed by atoms with van der Waals surface area (Å²) < 4.78 is 118. The Kier molecular flexibility index (Phi) is 37.8. The second-order valence-electron chi connectivity index (χ2n) is 11.6. The third-order valence-corrected chi connectivity index (χ3v) is 5.07. The summed E-state index contributed by atoms with van der Waals surface area (Å²) in [5.41, 5.74) is 13.6. The van der Waals surface area contributed by atoms with Crippen LogP contribution in [0.4, 0.5) is 50.4 Å². The summed E-state index contributed by atoms with van der Waals surface area (Å²) in [4.78, 5) is 0. The number of halogens is 14. The molecule has 4 nitrogen and oxygen atoms in total. The van der Waals surface area contributed by atoms with Gasteiger partial charge in [-0.05, 0) is 61.7 Å². The molecule has 318 valence electrons. The fourth-order valence-corrected chi connectivity index (χ4v) is 3.48. The molecule has 0 amide bonds. The average molecular weight is 1030 g/mol. The Morgan fingerprint density at radius 1 is 0.462 bits per heavy atom. The molecule has 0 atom stereocenters. The van der Waals surface area contributed by atoms with E-state index in [0.717, 1.165) is 51.1 Å². The van der Waals surface area contributed by atoms with Gasteiger partial charge in [0.05, 0.1) is 0 Å². The van der Waals surface area contributed by atoms with Crippen LogP contribution in [-0.4, -0.2) is 39.3 Å². The van der Waals surface area contributed by atoms with E-state index in [2.05, 4.69) is 99.0 Å². The van der Waals surface area contributed by atoms with Gasteiger partial charge in [-0.2, -0.15) is 0 Å². The van der Waals surface area contributed by atoms with Crippen molar-refractivity contribution in [1.82, 2.24) is 10.6 Å². The zero-order chi connectivity index (χ0) is 38.1. The van der Waals surface area contributed by atoms with E-state index >= 15 is 0 Å². The van der Waals surface area contributed by atoms with E-state index in [-0.39, 0.29) is 63.8 Å². The van der Waals surface area contributed by atoms with Crippen molar-refractivity contribution in [3.05, 3.63) is 71.8 Å².